The molecule has 6 amide bonds. The molecule has 0 radical (unpaired) electrons. The monoisotopic (exact) mass is 1090 g/mol. The van der Waals surface area contributed by atoms with Gasteiger partial charge in [0, 0.05) is 56.2 Å². The second kappa shape index (κ2) is 31.7. The van der Waals surface area contributed by atoms with E-state index in [1.54, 1.807) is 5.38 Å². The van der Waals surface area contributed by atoms with E-state index in [1.165, 1.54) is 28.4 Å². The molecule has 21 heteroatoms. The van der Waals surface area contributed by atoms with Crippen LogP contribution in [0.2, 0.25) is 0 Å². The lowest BCUT2D eigenvalue weighted by Crippen LogP contribution is -2.65. The average Bonchev–Trinajstić information content (AvgIpc) is 4.04. The Hall–Kier alpha value is -5.61. The van der Waals surface area contributed by atoms with Gasteiger partial charge in [0.05, 0.1) is 25.2 Å². The van der Waals surface area contributed by atoms with Gasteiger partial charge < -0.3 is 35.0 Å². The van der Waals surface area contributed by atoms with Crippen molar-refractivity contribution in [3.63, 3.8) is 0 Å². The summed E-state index contributed by atoms with van der Waals surface area (Å²) in [7, 11) is 1.98. The first-order valence-corrected chi connectivity index (χ1v) is 28.8. The molecule has 2 aromatic rings. The van der Waals surface area contributed by atoms with E-state index in [4.69, 9.17) is 24.6 Å². The zero-order valence-electron chi connectivity index (χ0n) is 46.5. The second-order valence-corrected chi connectivity index (χ2v) is 21.9. The van der Waals surface area contributed by atoms with Crippen molar-refractivity contribution in [2.45, 2.75) is 161 Å². The molecule has 7 atom stereocenters. The highest BCUT2D eigenvalue weighted by Crippen LogP contribution is 2.35. The number of nitrogens with one attached hydrogen (secondary N) is 6. The van der Waals surface area contributed by atoms with Crippen LogP contribution in [0.3, 0.4) is 0 Å². The number of fused-ring (bicyclic) bond motifs is 1. The minimum Gasteiger partial charge on any atom is -0.446 e. The van der Waals surface area contributed by atoms with Crippen molar-refractivity contribution in [2.24, 2.45) is 11.8 Å². The van der Waals surface area contributed by atoms with Gasteiger partial charge >= 0.3 is 6.09 Å². The molecule has 426 valence electrons. The standard InChI is InChI=1S/C56H86N10O10S/c1-8-25-65(36-56(37-67,39(6)10-3)61-53(72)45-20-15-17-26-64(45)7)46(38(4)5)34-47(75-28-9-2)54-60-44(35-77-54)52(71)59-41-32-40-18-13-14-19-42(40)43(33-41)51(70)62-63-55(73)76-31-30-74-29-24-58-49(68)21-12-11-16-27-66-48(57)22-23-50(66)69/h13-14,18-19,22-23,35,37-39,41,43,45-47,57H,8-12,15-17,20-21,24-34,36H2,1-7H3,(H,58,68)(H,59,71)(H,61,72)(H,62,70)(H,63,73)/t39-,41-,43+,45+,46+,47+,56-/m0/s1. The number of hydrogen-bond acceptors (Lipinski definition) is 15. The Labute approximate surface area is 459 Å². The summed E-state index contributed by atoms with van der Waals surface area (Å²) in [6.45, 7) is 15.9. The number of aromatic nitrogens is 1. The summed E-state index contributed by atoms with van der Waals surface area (Å²) in [6, 6.07) is 6.75. The molecule has 0 bridgehead atoms. The van der Waals surface area contributed by atoms with Gasteiger partial charge in [0.15, 0.2) is 0 Å². The Morgan fingerprint density at radius 1 is 0.974 bits per heavy atom. The van der Waals surface area contributed by atoms with Crippen LogP contribution in [0.5, 0.6) is 0 Å². The Morgan fingerprint density at radius 2 is 1.77 bits per heavy atom. The summed E-state index contributed by atoms with van der Waals surface area (Å²) < 4.78 is 17.2. The van der Waals surface area contributed by atoms with Crippen molar-refractivity contribution in [2.75, 3.05) is 66.2 Å². The van der Waals surface area contributed by atoms with Crippen LogP contribution < -0.4 is 26.8 Å². The van der Waals surface area contributed by atoms with Gasteiger partial charge in [-0.05, 0) is 107 Å². The van der Waals surface area contributed by atoms with Gasteiger partial charge in [0.25, 0.3) is 11.8 Å². The molecule has 1 aromatic heterocycles. The van der Waals surface area contributed by atoms with Gasteiger partial charge in [0.2, 0.25) is 17.7 Å². The highest BCUT2D eigenvalue weighted by molar-refractivity contribution is 7.09. The lowest BCUT2D eigenvalue weighted by molar-refractivity contribution is -0.134. The molecular weight excluding hydrogens is 1000 g/mol. The number of hydrogen-bond donors (Lipinski definition) is 6. The topological polar surface area (TPSA) is 254 Å². The maximum absolute atomic E-state index is 14.0. The molecule has 20 nitrogen and oxygen atoms in total. The highest BCUT2D eigenvalue weighted by Gasteiger charge is 2.43. The lowest BCUT2D eigenvalue weighted by atomic mass is 9.79. The molecular formula is C56H86N10O10S. The zero-order chi connectivity index (χ0) is 55.9. The highest BCUT2D eigenvalue weighted by atomic mass is 32.1. The van der Waals surface area contributed by atoms with Crippen LogP contribution >= 0.6 is 11.3 Å². The number of amidine groups is 1. The van der Waals surface area contributed by atoms with Crippen LogP contribution in [0, 0.1) is 17.2 Å². The predicted molar refractivity (Wildman–Crippen MR) is 295 cm³/mol. The summed E-state index contributed by atoms with van der Waals surface area (Å²) in [5.41, 5.74) is 5.61. The summed E-state index contributed by atoms with van der Waals surface area (Å²) in [5.74, 6) is -1.76. The van der Waals surface area contributed by atoms with E-state index in [1.807, 2.05) is 45.2 Å². The molecule has 0 spiro atoms. The molecule has 3 aliphatic rings. The maximum atomic E-state index is 14.0. The summed E-state index contributed by atoms with van der Waals surface area (Å²) >= 11 is 1.36. The fourth-order valence-electron chi connectivity index (χ4n) is 10.4. The average molecular weight is 1090 g/mol. The number of rotatable bonds is 32. The van der Waals surface area contributed by atoms with Crippen molar-refractivity contribution in [3.05, 3.63) is 63.6 Å². The molecule has 77 heavy (non-hydrogen) atoms. The van der Waals surface area contributed by atoms with Crippen LogP contribution in [0.25, 0.3) is 0 Å². The SMILES string of the molecule is CCCO[C@H](C[C@H](C(C)C)N(CCC)C[C@@](C=O)(NC(=O)[C@H]1CCCCN1C)[C@@H](C)CC)c1nc(C(=O)N[C@H]2Cc3ccccc3[C@H](C(=O)NNC(=O)OCCOCCNC(=O)CCCCCN3C(=N)C=CC3=O)C2)cs1. The van der Waals surface area contributed by atoms with E-state index in [-0.39, 0.29) is 91.9 Å². The number of hydrazine groups is 1. The molecule has 1 aromatic carbocycles. The van der Waals surface area contributed by atoms with Gasteiger partial charge in [0.1, 0.15) is 41.1 Å². The van der Waals surface area contributed by atoms with Gasteiger partial charge in [-0.2, -0.15) is 0 Å². The first kappa shape index (κ1) is 62.2. The number of ether oxygens (including phenoxy) is 3. The minimum absolute atomic E-state index is 0.0604. The number of carbonyl (C=O) groups excluding carboxylic acids is 7. The minimum atomic E-state index is -1.10. The van der Waals surface area contributed by atoms with Crippen molar-refractivity contribution >= 4 is 59.1 Å². The molecule has 5 rings (SSSR count). The summed E-state index contributed by atoms with van der Waals surface area (Å²) in [5, 5.41) is 19.3. The van der Waals surface area contributed by atoms with Crippen molar-refractivity contribution < 1.29 is 47.8 Å². The third kappa shape index (κ3) is 18.5. The van der Waals surface area contributed by atoms with Gasteiger partial charge in [-0.3, -0.25) is 49.5 Å². The number of likely N-dealkylation sites (tertiary alicyclic amines) is 1. The largest absolute Gasteiger partial charge is 0.446 e. The van der Waals surface area contributed by atoms with Crippen LogP contribution in [0.4, 0.5) is 4.79 Å². The Balaban J connectivity index is 1.11. The molecule has 0 unspecified atom stereocenters. The Morgan fingerprint density at radius 3 is 2.47 bits per heavy atom. The number of amides is 6. The Kier molecular flexibility index (Phi) is 25.6. The molecule has 1 fully saturated rings. The number of thiazole rings is 1. The summed E-state index contributed by atoms with van der Waals surface area (Å²) in [6.07, 6.45) is 11.3. The first-order chi connectivity index (χ1) is 37.0. The third-order valence-corrected chi connectivity index (χ3v) is 15.9. The van der Waals surface area contributed by atoms with Gasteiger partial charge in [-0.25, -0.2) is 15.2 Å². The van der Waals surface area contributed by atoms with Crippen LogP contribution in [0.15, 0.2) is 41.8 Å². The van der Waals surface area contributed by atoms with Crippen molar-refractivity contribution in [3.8, 4) is 0 Å². The number of piperidine rings is 1. The maximum Gasteiger partial charge on any atom is 0.426 e. The van der Waals surface area contributed by atoms with E-state index >= 15 is 0 Å². The van der Waals surface area contributed by atoms with Crippen molar-refractivity contribution in [1.29, 1.82) is 5.41 Å². The summed E-state index contributed by atoms with van der Waals surface area (Å²) in [4.78, 5) is 102. The number of aldehydes is 1. The number of carbonyl (C=O) groups is 7. The first-order valence-electron chi connectivity index (χ1n) is 27.9. The fourth-order valence-corrected chi connectivity index (χ4v) is 11.3. The Bertz CT molecular complexity index is 2300. The normalized spacial score (nSPS) is 19.5. The molecule has 2 aliphatic heterocycles. The number of unbranched alkanes of at least 4 members (excludes halogenated alkanes) is 2. The quantitative estimate of drug-likeness (QED) is 0.0281. The van der Waals surface area contributed by atoms with Gasteiger partial charge in [-0.15, -0.1) is 11.3 Å². The second-order valence-electron chi connectivity index (χ2n) is 21.0. The van der Waals surface area contributed by atoms with E-state index in [2.05, 4.69) is 64.3 Å². The van der Waals surface area contributed by atoms with E-state index in [9.17, 15) is 33.6 Å². The lowest BCUT2D eigenvalue weighted by Gasteiger charge is -2.45. The smallest absolute Gasteiger partial charge is 0.426 e. The predicted octanol–water partition coefficient (Wildman–Crippen LogP) is 5.98. The number of benzene rings is 1. The molecule has 1 aliphatic carbocycles. The van der Waals surface area contributed by atoms with Gasteiger partial charge in [-0.1, -0.05) is 85.1 Å². The van der Waals surface area contributed by atoms with E-state index < -0.39 is 35.6 Å². The van der Waals surface area contributed by atoms with Crippen LogP contribution in [-0.2, 0) is 44.6 Å². The molecule has 0 saturated carbocycles. The van der Waals surface area contributed by atoms with E-state index in [0.717, 1.165) is 62.5 Å². The van der Waals surface area contributed by atoms with E-state index in [0.29, 0.717) is 69.8 Å². The molecule has 1 saturated heterocycles. The number of nitrogens with zero attached hydrogens (tertiary/aromatic N) is 4. The van der Waals surface area contributed by atoms with Crippen LogP contribution in [0.1, 0.15) is 157 Å². The molecule has 6 N–H and O–H groups in total. The van der Waals surface area contributed by atoms with Crippen molar-refractivity contribution in [1.82, 2.24) is 46.5 Å². The zero-order valence-corrected chi connectivity index (χ0v) is 47.3. The fraction of sp³-hybridized carbons (Fsp3) is 0.661. The van der Waals surface area contributed by atoms with Crippen LogP contribution in [-0.4, -0.2) is 157 Å². The number of likely N-dealkylation sites (N-methyl/N-ethyl adjacent to an activating group) is 1. The third-order valence-electron chi connectivity index (χ3n) is 15.0. The molecule has 3 heterocycles.